The maximum absolute atomic E-state index is 12.9. The normalized spacial score (nSPS) is 25.4. The maximum atomic E-state index is 12.9. The predicted octanol–water partition coefficient (Wildman–Crippen LogP) is 2.37. The minimum Gasteiger partial charge on any atom is -0.445 e. The molecular weight excluding hydrogens is 388 g/mol. The summed E-state index contributed by atoms with van der Waals surface area (Å²) >= 11 is 0. The fraction of sp³-hybridized carbons (Fsp3) is 0.762. The summed E-state index contributed by atoms with van der Waals surface area (Å²) in [6.07, 6.45) is 2.06. The van der Waals surface area contributed by atoms with E-state index in [0.717, 1.165) is 0 Å². The Morgan fingerprint density at radius 1 is 1.38 bits per heavy atom. The lowest BCUT2D eigenvalue weighted by Crippen LogP contribution is -2.64. The van der Waals surface area contributed by atoms with E-state index in [2.05, 4.69) is 45.8 Å². The molecule has 7 nitrogen and oxygen atoms in total. The van der Waals surface area contributed by atoms with E-state index < -0.39 is 15.1 Å². The molecule has 2 saturated heterocycles. The van der Waals surface area contributed by atoms with E-state index in [1.165, 1.54) is 6.08 Å². The van der Waals surface area contributed by atoms with Crippen molar-refractivity contribution in [2.24, 2.45) is 23.2 Å². The van der Waals surface area contributed by atoms with Crippen LogP contribution in [0.25, 0.3) is 0 Å². The molecule has 2 aliphatic rings. The van der Waals surface area contributed by atoms with Crippen molar-refractivity contribution in [1.29, 1.82) is 0 Å². The van der Waals surface area contributed by atoms with Gasteiger partial charge in [-0.2, -0.15) is 0 Å². The highest BCUT2D eigenvalue weighted by Gasteiger charge is 2.49. The van der Waals surface area contributed by atoms with Crippen LogP contribution in [0.3, 0.4) is 0 Å². The Hall–Kier alpha value is -1.67. The molecule has 8 heteroatoms. The first-order valence-corrected chi connectivity index (χ1v) is 13.3. The molecule has 0 bridgehead atoms. The summed E-state index contributed by atoms with van der Waals surface area (Å²) in [6.45, 7) is 15.8. The molecule has 29 heavy (non-hydrogen) atoms. The van der Waals surface area contributed by atoms with Crippen molar-refractivity contribution in [3.8, 4) is 0 Å². The van der Waals surface area contributed by atoms with Gasteiger partial charge in [0, 0.05) is 38.1 Å². The molecule has 2 rings (SSSR count). The van der Waals surface area contributed by atoms with Crippen LogP contribution in [-0.4, -0.2) is 64.1 Å². The third-order valence-electron chi connectivity index (χ3n) is 5.87. The number of ketones is 1. The molecule has 4 atom stereocenters. The third kappa shape index (κ3) is 6.15. The number of β-lactam (4-membered cyclic amide) rings is 1. The number of ether oxygens (including phenoxy) is 1. The maximum Gasteiger partial charge on any atom is 0.410 e. The standard InChI is InChI=1S/C21H36N2O5Si/c1-7-10-27-20(26)23-9-8-14(12-23)17(24)11-16-18(19(25)22-16)15(21(2,3)4)13-28-29(5)6/h7,14-16,18,29H,1,8-13H2,2-6H3,(H,22,25)/t14-,15+,16+,18-/m0/s1. The smallest absolute Gasteiger partial charge is 0.410 e. The van der Waals surface area contributed by atoms with E-state index in [1.54, 1.807) is 4.90 Å². The fourth-order valence-electron chi connectivity index (χ4n) is 4.08. The number of nitrogens with zero attached hydrogens (tertiary/aromatic N) is 1. The highest BCUT2D eigenvalue weighted by atomic mass is 28.3. The first-order valence-electron chi connectivity index (χ1n) is 10.5. The first-order chi connectivity index (χ1) is 13.5. The molecule has 0 radical (unpaired) electrons. The molecule has 0 spiro atoms. The van der Waals surface area contributed by atoms with Crippen LogP contribution >= 0.6 is 0 Å². The lowest BCUT2D eigenvalue weighted by Gasteiger charge is -2.46. The average molecular weight is 425 g/mol. The van der Waals surface area contributed by atoms with E-state index in [1.807, 2.05) is 0 Å². The number of Topliss-reactive ketones (excluding diaryl/α,β-unsaturated/α-hetero) is 1. The monoisotopic (exact) mass is 424 g/mol. The average Bonchev–Trinajstić information content (AvgIpc) is 3.11. The number of amides is 2. The Morgan fingerprint density at radius 3 is 2.62 bits per heavy atom. The van der Waals surface area contributed by atoms with Crippen LogP contribution in [0.4, 0.5) is 4.79 Å². The summed E-state index contributed by atoms with van der Waals surface area (Å²) in [5.74, 6) is -0.222. The van der Waals surface area contributed by atoms with Gasteiger partial charge in [0.2, 0.25) is 5.91 Å². The second kappa shape index (κ2) is 9.89. The summed E-state index contributed by atoms with van der Waals surface area (Å²) in [5.41, 5.74) is -0.0912. The highest BCUT2D eigenvalue weighted by molar-refractivity contribution is 6.48. The van der Waals surface area contributed by atoms with Crippen LogP contribution in [0.5, 0.6) is 0 Å². The lowest BCUT2D eigenvalue weighted by molar-refractivity contribution is -0.143. The third-order valence-corrected chi connectivity index (χ3v) is 6.73. The van der Waals surface area contributed by atoms with Crippen LogP contribution in [0.2, 0.25) is 13.1 Å². The molecule has 0 unspecified atom stereocenters. The van der Waals surface area contributed by atoms with Crippen LogP contribution in [0.1, 0.15) is 33.6 Å². The molecule has 0 aromatic heterocycles. The van der Waals surface area contributed by atoms with Gasteiger partial charge in [-0.25, -0.2) is 4.79 Å². The zero-order valence-corrected chi connectivity index (χ0v) is 19.6. The van der Waals surface area contributed by atoms with Crippen molar-refractivity contribution in [2.45, 2.75) is 52.7 Å². The molecule has 2 amide bonds. The van der Waals surface area contributed by atoms with Gasteiger partial charge >= 0.3 is 6.09 Å². The Morgan fingerprint density at radius 2 is 2.07 bits per heavy atom. The fourth-order valence-corrected chi connectivity index (χ4v) is 4.67. The molecule has 2 heterocycles. The molecule has 0 aromatic carbocycles. The SMILES string of the molecule is C=CCOC(=O)N1CC[C@H](C(=O)C[C@H]2NC(=O)[C@H]2[C@@H](CO[SiH](C)C)C(C)(C)C)C1. The molecule has 2 aliphatic heterocycles. The Balaban J connectivity index is 1.95. The van der Waals surface area contributed by atoms with Crippen LogP contribution < -0.4 is 5.32 Å². The second-order valence-electron chi connectivity index (χ2n) is 9.46. The molecule has 0 aromatic rings. The number of carbonyl (C=O) groups excluding carboxylic acids is 3. The Bertz CT molecular complexity index is 631. The van der Waals surface area contributed by atoms with Gasteiger partial charge in [0.25, 0.3) is 0 Å². The van der Waals surface area contributed by atoms with Gasteiger partial charge < -0.3 is 19.4 Å². The van der Waals surface area contributed by atoms with E-state index in [-0.39, 0.29) is 47.5 Å². The van der Waals surface area contributed by atoms with E-state index >= 15 is 0 Å². The van der Waals surface area contributed by atoms with Crippen LogP contribution in [-0.2, 0) is 18.8 Å². The van der Waals surface area contributed by atoms with Gasteiger partial charge in [0.05, 0.1) is 5.92 Å². The quantitative estimate of drug-likeness (QED) is 0.349. The van der Waals surface area contributed by atoms with Gasteiger partial charge in [-0.3, -0.25) is 9.59 Å². The highest BCUT2D eigenvalue weighted by Crippen LogP contribution is 2.39. The first kappa shape index (κ1) is 23.6. The van der Waals surface area contributed by atoms with Crippen molar-refractivity contribution in [1.82, 2.24) is 10.2 Å². The van der Waals surface area contributed by atoms with E-state index in [4.69, 9.17) is 9.16 Å². The summed E-state index contributed by atoms with van der Waals surface area (Å²) in [6, 6.07) is -0.154. The zero-order valence-electron chi connectivity index (χ0n) is 18.4. The summed E-state index contributed by atoms with van der Waals surface area (Å²) in [4.78, 5) is 38.8. The molecule has 164 valence electrons. The van der Waals surface area contributed by atoms with Gasteiger partial charge in [-0.15, -0.1) is 0 Å². The number of nitrogens with one attached hydrogen (secondary N) is 1. The largest absolute Gasteiger partial charge is 0.445 e. The van der Waals surface area contributed by atoms with Crippen molar-refractivity contribution < 1.29 is 23.5 Å². The van der Waals surface area contributed by atoms with Crippen molar-refractivity contribution in [3.05, 3.63) is 12.7 Å². The molecule has 0 aliphatic carbocycles. The number of hydrogen-bond donors (Lipinski definition) is 1. The lowest BCUT2D eigenvalue weighted by atomic mass is 9.66. The van der Waals surface area contributed by atoms with E-state index in [0.29, 0.717) is 32.5 Å². The Labute approximate surface area is 175 Å². The number of hydrogen-bond acceptors (Lipinski definition) is 5. The zero-order chi connectivity index (χ0) is 21.8. The second-order valence-corrected chi connectivity index (χ2v) is 11.9. The number of carbonyl (C=O) groups is 3. The summed E-state index contributed by atoms with van der Waals surface area (Å²) < 4.78 is 11.0. The van der Waals surface area contributed by atoms with Crippen molar-refractivity contribution >= 4 is 26.8 Å². The number of likely N-dealkylation sites (tertiary alicyclic amines) is 1. The van der Waals surface area contributed by atoms with Gasteiger partial charge in [0.1, 0.15) is 12.4 Å². The summed E-state index contributed by atoms with van der Waals surface area (Å²) in [7, 11) is -1.19. The summed E-state index contributed by atoms with van der Waals surface area (Å²) in [5, 5.41) is 2.93. The Kier molecular flexibility index (Phi) is 8.05. The molecule has 0 saturated carbocycles. The molecular formula is C21H36N2O5Si. The van der Waals surface area contributed by atoms with Gasteiger partial charge in [-0.1, -0.05) is 33.4 Å². The van der Waals surface area contributed by atoms with Gasteiger partial charge in [-0.05, 0) is 30.8 Å². The van der Waals surface area contributed by atoms with Crippen molar-refractivity contribution in [2.75, 3.05) is 26.3 Å². The number of rotatable bonds is 9. The van der Waals surface area contributed by atoms with Crippen LogP contribution in [0, 0.1) is 23.2 Å². The van der Waals surface area contributed by atoms with Gasteiger partial charge in [0.15, 0.2) is 9.04 Å². The topological polar surface area (TPSA) is 84.9 Å². The molecule has 1 N–H and O–H groups in total. The van der Waals surface area contributed by atoms with E-state index in [9.17, 15) is 14.4 Å². The van der Waals surface area contributed by atoms with Crippen molar-refractivity contribution in [3.63, 3.8) is 0 Å². The van der Waals surface area contributed by atoms with Crippen LogP contribution in [0.15, 0.2) is 12.7 Å². The minimum atomic E-state index is -1.19. The minimum absolute atomic E-state index is 0.0119. The predicted molar refractivity (Wildman–Crippen MR) is 114 cm³/mol. The molecule has 2 fully saturated rings.